The van der Waals surface area contributed by atoms with Gasteiger partial charge in [0.05, 0.1) is 0 Å². The normalized spacial score (nSPS) is 24.6. The third kappa shape index (κ3) is 3.95. The van der Waals surface area contributed by atoms with Crippen LogP contribution in [-0.2, 0) is 0 Å². The Labute approximate surface area is 167 Å². The van der Waals surface area contributed by atoms with Crippen LogP contribution in [0.3, 0.4) is 0 Å². The van der Waals surface area contributed by atoms with Gasteiger partial charge in [0.1, 0.15) is 0 Å². The minimum absolute atomic E-state index is 0.0953. The summed E-state index contributed by atoms with van der Waals surface area (Å²) in [5.74, 6) is 1.98. The summed E-state index contributed by atoms with van der Waals surface area (Å²) in [6, 6.07) is 10.4. The van der Waals surface area contributed by atoms with Crippen LogP contribution in [-0.4, -0.2) is 17.9 Å². The lowest BCUT2D eigenvalue weighted by atomic mass is 9.84. The number of hydrogen-bond acceptors (Lipinski definition) is 3. The topological polar surface area (TPSA) is 71.3 Å². The van der Waals surface area contributed by atoms with Crippen molar-refractivity contribution < 1.29 is 14.0 Å². The molecule has 0 radical (unpaired) electrons. The highest BCUT2D eigenvalue weighted by Gasteiger charge is 2.42. The number of benzene rings is 1. The smallest absolute Gasteiger partial charge is 0.291 e. The van der Waals surface area contributed by atoms with Crippen LogP contribution < -0.4 is 10.6 Å². The van der Waals surface area contributed by atoms with Gasteiger partial charge in [0, 0.05) is 17.3 Å². The maximum absolute atomic E-state index is 12.7. The molecule has 0 aliphatic heterocycles. The zero-order valence-electron chi connectivity index (χ0n) is 15.2. The molecule has 2 aromatic rings. The summed E-state index contributed by atoms with van der Waals surface area (Å²) in [6.07, 6.45) is 5.23. The summed E-state index contributed by atoms with van der Waals surface area (Å²) >= 11 is 3.18. The predicted molar refractivity (Wildman–Crippen MR) is 107 cm³/mol. The number of fused-ring (bicyclic) bond motifs is 2. The van der Waals surface area contributed by atoms with E-state index in [0.717, 1.165) is 11.8 Å². The summed E-state index contributed by atoms with van der Waals surface area (Å²) in [5, 5.41) is 5.93. The van der Waals surface area contributed by atoms with Crippen LogP contribution in [0.4, 0.5) is 5.69 Å². The van der Waals surface area contributed by atoms with E-state index in [1.165, 1.54) is 25.7 Å². The van der Waals surface area contributed by atoms with Crippen LogP contribution in [0.2, 0.25) is 0 Å². The number of amides is 2. The standard InChI is InChI=1S/C21H23BrN2O3/c1-12(17-10-13-5-6-14(17)9-13)23-20(25)15-3-2-4-16(11-15)24-21(26)18-7-8-19(22)27-18/h2-4,7-8,11-14,17H,5-6,9-10H2,1H3,(H,23,25)(H,24,26). The first-order valence-corrected chi connectivity index (χ1v) is 10.3. The average Bonchev–Trinajstić information content (AvgIpc) is 3.38. The number of furan rings is 1. The van der Waals surface area contributed by atoms with Gasteiger partial charge in [-0.2, -0.15) is 0 Å². The van der Waals surface area contributed by atoms with Crippen molar-refractivity contribution in [3.8, 4) is 0 Å². The Morgan fingerprint density at radius 2 is 2.00 bits per heavy atom. The van der Waals surface area contributed by atoms with Gasteiger partial charge in [-0.15, -0.1) is 0 Å². The van der Waals surface area contributed by atoms with Gasteiger partial charge in [0.2, 0.25) is 0 Å². The molecule has 2 amide bonds. The van der Waals surface area contributed by atoms with Crippen molar-refractivity contribution >= 4 is 33.4 Å². The Morgan fingerprint density at radius 1 is 1.15 bits per heavy atom. The molecule has 1 aromatic carbocycles. The highest BCUT2D eigenvalue weighted by atomic mass is 79.9. The largest absolute Gasteiger partial charge is 0.444 e. The van der Waals surface area contributed by atoms with Crippen LogP contribution in [0.1, 0.15) is 53.5 Å². The third-order valence-corrected chi connectivity index (χ3v) is 6.40. The average molecular weight is 431 g/mol. The van der Waals surface area contributed by atoms with E-state index in [0.29, 0.717) is 21.8 Å². The van der Waals surface area contributed by atoms with Gasteiger partial charge in [0.15, 0.2) is 10.4 Å². The van der Waals surface area contributed by atoms with E-state index in [1.54, 1.807) is 36.4 Å². The molecule has 2 aliphatic rings. The Balaban J connectivity index is 1.39. The molecule has 142 valence electrons. The lowest BCUT2D eigenvalue weighted by Crippen LogP contribution is -2.40. The van der Waals surface area contributed by atoms with Crippen molar-refractivity contribution in [1.82, 2.24) is 5.32 Å². The second-order valence-electron chi connectivity index (χ2n) is 7.74. The molecule has 1 heterocycles. The number of halogens is 1. The summed E-state index contributed by atoms with van der Waals surface area (Å²) in [5.41, 5.74) is 1.11. The Kier molecular flexibility index (Phi) is 5.08. The molecule has 1 aromatic heterocycles. The molecule has 0 saturated heterocycles. The van der Waals surface area contributed by atoms with E-state index in [9.17, 15) is 9.59 Å². The highest BCUT2D eigenvalue weighted by Crippen LogP contribution is 2.49. The number of hydrogen-bond donors (Lipinski definition) is 2. The van der Waals surface area contributed by atoms with E-state index >= 15 is 0 Å². The van der Waals surface area contributed by atoms with Gasteiger partial charge in [-0.3, -0.25) is 9.59 Å². The first-order chi connectivity index (χ1) is 13.0. The molecule has 2 fully saturated rings. The quantitative estimate of drug-likeness (QED) is 0.711. The molecule has 4 unspecified atom stereocenters. The van der Waals surface area contributed by atoms with E-state index in [2.05, 4.69) is 33.5 Å². The van der Waals surface area contributed by atoms with Gasteiger partial charge in [-0.1, -0.05) is 12.5 Å². The molecule has 27 heavy (non-hydrogen) atoms. The van der Waals surface area contributed by atoms with E-state index in [1.807, 2.05) is 0 Å². The fraction of sp³-hybridized carbons (Fsp3) is 0.429. The molecular weight excluding hydrogens is 408 g/mol. The molecule has 2 N–H and O–H groups in total. The fourth-order valence-electron chi connectivity index (χ4n) is 4.67. The first kappa shape index (κ1) is 18.3. The van der Waals surface area contributed by atoms with Gasteiger partial charge >= 0.3 is 0 Å². The van der Waals surface area contributed by atoms with E-state index in [-0.39, 0.29) is 23.6 Å². The lowest BCUT2D eigenvalue weighted by Gasteiger charge is -2.28. The molecule has 6 heteroatoms. The molecular formula is C21H23BrN2O3. The number of rotatable bonds is 5. The van der Waals surface area contributed by atoms with Crippen molar-refractivity contribution in [3.63, 3.8) is 0 Å². The van der Waals surface area contributed by atoms with Crippen LogP contribution in [0, 0.1) is 17.8 Å². The second-order valence-corrected chi connectivity index (χ2v) is 8.52. The zero-order chi connectivity index (χ0) is 19.0. The number of carbonyl (C=O) groups is 2. The summed E-state index contributed by atoms with van der Waals surface area (Å²) in [4.78, 5) is 24.9. The van der Waals surface area contributed by atoms with Crippen molar-refractivity contribution in [3.05, 3.63) is 52.4 Å². The van der Waals surface area contributed by atoms with Crippen molar-refractivity contribution in [2.24, 2.45) is 17.8 Å². The Bertz CT molecular complexity index is 863. The Morgan fingerprint density at radius 3 is 2.67 bits per heavy atom. The van der Waals surface area contributed by atoms with Gasteiger partial charge in [0.25, 0.3) is 11.8 Å². The van der Waals surface area contributed by atoms with Gasteiger partial charge < -0.3 is 15.1 Å². The van der Waals surface area contributed by atoms with Gasteiger partial charge in [-0.05, 0) is 90.2 Å². The minimum Gasteiger partial charge on any atom is -0.444 e. The van der Waals surface area contributed by atoms with Crippen molar-refractivity contribution in [1.29, 1.82) is 0 Å². The van der Waals surface area contributed by atoms with Gasteiger partial charge in [-0.25, -0.2) is 0 Å². The maximum atomic E-state index is 12.7. The number of anilines is 1. The van der Waals surface area contributed by atoms with Crippen LogP contribution in [0.5, 0.6) is 0 Å². The molecule has 4 atom stereocenters. The maximum Gasteiger partial charge on any atom is 0.291 e. The molecule has 4 rings (SSSR count). The van der Waals surface area contributed by atoms with Crippen LogP contribution >= 0.6 is 15.9 Å². The summed E-state index contributed by atoms with van der Waals surface area (Å²) in [6.45, 7) is 2.11. The molecule has 5 nitrogen and oxygen atoms in total. The van der Waals surface area contributed by atoms with Crippen LogP contribution in [0.25, 0.3) is 0 Å². The zero-order valence-corrected chi connectivity index (χ0v) is 16.8. The minimum atomic E-state index is -0.353. The van der Waals surface area contributed by atoms with Crippen molar-refractivity contribution in [2.75, 3.05) is 5.32 Å². The van der Waals surface area contributed by atoms with Crippen LogP contribution in [0.15, 0.2) is 45.5 Å². The van der Waals surface area contributed by atoms with E-state index in [4.69, 9.17) is 4.42 Å². The van der Waals surface area contributed by atoms with Crippen molar-refractivity contribution in [2.45, 2.75) is 38.6 Å². The second kappa shape index (κ2) is 7.50. The SMILES string of the molecule is CC(NC(=O)c1cccc(NC(=O)c2ccc(Br)o2)c1)C1CC2CCC1C2. The third-order valence-electron chi connectivity index (χ3n) is 5.97. The Hall–Kier alpha value is -2.08. The monoisotopic (exact) mass is 430 g/mol. The molecule has 2 saturated carbocycles. The lowest BCUT2D eigenvalue weighted by molar-refractivity contribution is 0.0914. The highest BCUT2D eigenvalue weighted by molar-refractivity contribution is 9.10. The number of carbonyl (C=O) groups excluding carboxylic acids is 2. The first-order valence-electron chi connectivity index (χ1n) is 9.47. The fourth-order valence-corrected chi connectivity index (χ4v) is 4.98. The predicted octanol–water partition coefficient (Wildman–Crippen LogP) is 4.85. The van der Waals surface area contributed by atoms with E-state index < -0.39 is 0 Å². The number of nitrogens with one attached hydrogen (secondary N) is 2. The summed E-state index contributed by atoms with van der Waals surface area (Å²) in [7, 11) is 0. The summed E-state index contributed by atoms with van der Waals surface area (Å²) < 4.78 is 5.75. The molecule has 2 bridgehead atoms. The molecule has 2 aliphatic carbocycles. The molecule has 0 spiro atoms.